The van der Waals surface area contributed by atoms with Crippen molar-refractivity contribution in [2.75, 3.05) is 20.1 Å². The number of likely N-dealkylation sites (tertiary alicyclic amines) is 1. The van der Waals surface area contributed by atoms with Gasteiger partial charge in [0.15, 0.2) is 0 Å². The number of pyridine rings is 1. The van der Waals surface area contributed by atoms with Crippen molar-refractivity contribution in [3.05, 3.63) is 65.5 Å². The summed E-state index contributed by atoms with van der Waals surface area (Å²) in [4.78, 5) is 45.8. The van der Waals surface area contributed by atoms with Crippen LogP contribution in [0.4, 0.5) is 8.78 Å². The number of benzene rings is 1. The number of nitrogens with one attached hydrogen (secondary N) is 1. The average Bonchev–Trinajstić information content (AvgIpc) is 3.16. The van der Waals surface area contributed by atoms with Crippen molar-refractivity contribution in [3.63, 3.8) is 0 Å². The highest BCUT2D eigenvalue weighted by Crippen LogP contribution is 2.38. The van der Waals surface area contributed by atoms with Gasteiger partial charge in [-0.05, 0) is 57.2 Å². The maximum Gasteiger partial charge on any atom is 0.280 e. The summed E-state index contributed by atoms with van der Waals surface area (Å²) in [6, 6.07) is 13.2. The zero-order valence-electron chi connectivity index (χ0n) is 23.1. The minimum absolute atomic E-state index is 0.138. The lowest BCUT2D eigenvalue weighted by Gasteiger charge is -2.41. The van der Waals surface area contributed by atoms with Crippen molar-refractivity contribution in [1.29, 1.82) is 0 Å². The second-order valence-corrected chi connectivity index (χ2v) is 11.1. The van der Waals surface area contributed by atoms with Gasteiger partial charge in [0.1, 0.15) is 17.2 Å². The molecule has 0 saturated carbocycles. The van der Waals surface area contributed by atoms with Gasteiger partial charge in [-0.3, -0.25) is 19.4 Å². The second kappa shape index (κ2) is 11.8. The van der Waals surface area contributed by atoms with Crippen LogP contribution in [0.2, 0.25) is 0 Å². The van der Waals surface area contributed by atoms with Gasteiger partial charge in [-0.15, -0.1) is 0 Å². The average molecular weight is 555 g/mol. The zero-order valence-corrected chi connectivity index (χ0v) is 23.1. The molecule has 214 valence electrons. The van der Waals surface area contributed by atoms with Gasteiger partial charge in [0.2, 0.25) is 11.8 Å². The van der Waals surface area contributed by atoms with Crippen LogP contribution in [-0.4, -0.2) is 70.0 Å². The molecular formula is C29H36F2N6O3. The Bertz CT molecular complexity index is 1280. The number of hydrogen-bond donors (Lipinski definition) is 2. The Morgan fingerprint density at radius 1 is 1.15 bits per heavy atom. The van der Waals surface area contributed by atoms with E-state index in [0.29, 0.717) is 37.9 Å². The van der Waals surface area contributed by atoms with E-state index in [1.165, 1.54) is 17.1 Å². The van der Waals surface area contributed by atoms with E-state index in [1.807, 2.05) is 30.3 Å². The van der Waals surface area contributed by atoms with Crippen LogP contribution >= 0.6 is 0 Å². The molecule has 2 aliphatic rings. The van der Waals surface area contributed by atoms with Crippen LogP contribution in [0.5, 0.6) is 0 Å². The second-order valence-electron chi connectivity index (χ2n) is 11.1. The molecule has 4 rings (SSSR count). The fraction of sp³-hybridized carbons (Fsp3) is 0.483. The molecule has 3 amide bonds. The third-order valence-corrected chi connectivity index (χ3v) is 7.43. The van der Waals surface area contributed by atoms with Crippen molar-refractivity contribution in [2.45, 2.75) is 64.0 Å². The summed E-state index contributed by atoms with van der Waals surface area (Å²) in [5, 5.41) is 8.64. The highest BCUT2D eigenvalue weighted by molar-refractivity contribution is 6.13. The van der Waals surface area contributed by atoms with Crippen molar-refractivity contribution in [1.82, 2.24) is 20.2 Å². The molecule has 2 aliphatic heterocycles. The highest BCUT2D eigenvalue weighted by atomic mass is 19.3. The third-order valence-electron chi connectivity index (χ3n) is 7.43. The number of aryl methyl sites for hydroxylation is 1. The molecule has 0 spiro atoms. The minimum atomic E-state index is -2.67. The van der Waals surface area contributed by atoms with Gasteiger partial charge in [-0.25, -0.2) is 13.8 Å². The van der Waals surface area contributed by atoms with Gasteiger partial charge in [0, 0.05) is 32.3 Å². The number of rotatable bonds is 10. The highest BCUT2D eigenvalue weighted by Gasteiger charge is 2.53. The molecule has 40 heavy (non-hydrogen) atoms. The number of nitrogens with two attached hydrogens (primary N) is 1. The summed E-state index contributed by atoms with van der Waals surface area (Å²) in [5.74, 6) is -0.975. The molecular weight excluding hydrogens is 518 g/mol. The van der Waals surface area contributed by atoms with Gasteiger partial charge >= 0.3 is 0 Å². The number of fused-ring (bicyclic) bond motifs is 1. The summed E-state index contributed by atoms with van der Waals surface area (Å²) in [5.41, 5.74) is 5.69. The topological polar surface area (TPSA) is 121 Å². The molecule has 1 aromatic carbocycles. The number of halogens is 2. The number of carbonyl (C=O) groups is 3. The van der Waals surface area contributed by atoms with Crippen molar-refractivity contribution in [3.8, 4) is 0 Å². The molecule has 3 heterocycles. The Balaban J connectivity index is 1.53. The van der Waals surface area contributed by atoms with Gasteiger partial charge < -0.3 is 16.0 Å². The van der Waals surface area contributed by atoms with Crippen molar-refractivity contribution >= 4 is 23.4 Å². The number of piperidine rings is 1. The molecule has 1 saturated heterocycles. The summed E-state index contributed by atoms with van der Waals surface area (Å²) in [6.45, 7) is 3.59. The molecule has 0 unspecified atom stereocenters. The van der Waals surface area contributed by atoms with Crippen LogP contribution in [0.15, 0.2) is 53.6 Å². The summed E-state index contributed by atoms with van der Waals surface area (Å²) in [7, 11) is 1.62. The Kier molecular flexibility index (Phi) is 8.62. The molecule has 0 radical (unpaired) electrons. The number of amides is 3. The largest absolute Gasteiger partial charge is 0.343 e. The minimum Gasteiger partial charge on any atom is -0.343 e. The smallest absolute Gasteiger partial charge is 0.280 e. The van der Waals surface area contributed by atoms with Gasteiger partial charge in [-0.1, -0.05) is 36.4 Å². The standard InChI is InChI=1S/C29H36F2N6O3/c1-28(2,32)26(39)34-22(14-8-12-20-11-7-13-21(33-20)24(30)31)25(38)37-16-15-23-29(18-37,27(40)36(3)35-23)17-19-9-5-4-6-10-19/h4-7,9-11,13,22,24H,8,12,14-18,32H2,1-3H3,(H,34,39)/t22-,29-/m1/s1. The number of aromatic nitrogens is 1. The third kappa shape index (κ3) is 6.35. The van der Waals surface area contributed by atoms with E-state index < -0.39 is 29.3 Å². The first kappa shape index (κ1) is 29.3. The molecule has 1 aromatic heterocycles. The Labute approximate surface area is 232 Å². The van der Waals surface area contributed by atoms with Crippen LogP contribution in [0.25, 0.3) is 0 Å². The van der Waals surface area contributed by atoms with Gasteiger partial charge in [-0.2, -0.15) is 5.10 Å². The SMILES string of the molecule is CN1N=C2CCN(C(=O)[C@@H](CCCc3cccc(C(F)F)n3)NC(=O)C(C)(C)N)C[C@@]2(Cc2ccccc2)C1=O. The molecule has 0 aliphatic carbocycles. The monoisotopic (exact) mass is 554 g/mol. The number of carbonyl (C=O) groups excluding carboxylic acids is 3. The number of hydrazone groups is 1. The van der Waals surface area contributed by atoms with Crippen molar-refractivity contribution in [2.24, 2.45) is 16.3 Å². The van der Waals surface area contributed by atoms with Crippen LogP contribution < -0.4 is 11.1 Å². The fourth-order valence-corrected chi connectivity index (χ4v) is 5.28. The predicted octanol–water partition coefficient (Wildman–Crippen LogP) is 2.85. The van der Waals surface area contributed by atoms with E-state index in [1.54, 1.807) is 31.9 Å². The molecule has 1 fully saturated rings. The van der Waals surface area contributed by atoms with Crippen molar-refractivity contribution < 1.29 is 23.2 Å². The summed E-state index contributed by atoms with van der Waals surface area (Å²) < 4.78 is 26.1. The molecule has 9 nitrogen and oxygen atoms in total. The van der Waals surface area contributed by atoms with E-state index >= 15 is 0 Å². The molecule has 2 atom stereocenters. The van der Waals surface area contributed by atoms with E-state index in [0.717, 1.165) is 11.3 Å². The Hall–Kier alpha value is -3.73. The summed E-state index contributed by atoms with van der Waals surface area (Å²) >= 11 is 0. The van der Waals surface area contributed by atoms with Gasteiger partial charge in [0.25, 0.3) is 12.3 Å². The lowest BCUT2D eigenvalue weighted by molar-refractivity contribution is -0.142. The van der Waals surface area contributed by atoms with Crippen LogP contribution in [0.1, 0.15) is 56.5 Å². The maximum absolute atomic E-state index is 13.9. The molecule has 11 heteroatoms. The lowest BCUT2D eigenvalue weighted by atomic mass is 9.73. The number of nitrogens with zero attached hydrogens (tertiary/aromatic N) is 4. The van der Waals surface area contributed by atoms with E-state index in [9.17, 15) is 23.2 Å². The van der Waals surface area contributed by atoms with E-state index in [-0.39, 0.29) is 30.5 Å². The fourth-order valence-electron chi connectivity index (χ4n) is 5.28. The number of hydrogen-bond acceptors (Lipinski definition) is 6. The molecule has 2 aromatic rings. The Morgan fingerprint density at radius 3 is 2.55 bits per heavy atom. The van der Waals surface area contributed by atoms with E-state index in [2.05, 4.69) is 15.4 Å². The predicted molar refractivity (Wildman–Crippen MR) is 146 cm³/mol. The quantitative estimate of drug-likeness (QED) is 0.468. The summed E-state index contributed by atoms with van der Waals surface area (Å²) in [6.07, 6.45) is -0.824. The first-order valence-corrected chi connectivity index (χ1v) is 13.4. The Morgan fingerprint density at radius 2 is 1.88 bits per heavy atom. The van der Waals surface area contributed by atoms with Gasteiger partial charge in [0.05, 0.1) is 11.3 Å². The zero-order chi connectivity index (χ0) is 29.1. The molecule has 0 bridgehead atoms. The first-order chi connectivity index (χ1) is 18.9. The first-order valence-electron chi connectivity index (χ1n) is 13.4. The normalized spacial score (nSPS) is 19.9. The van der Waals surface area contributed by atoms with Crippen LogP contribution in [0, 0.1) is 5.41 Å². The lowest BCUT2D eigenvalue weighted by Crippen LogP contribution is -2.60. The maximum atomic E-state index is 13.9. The van der Waals surface area contributed by atoms with E-state index in [4.69, 9.17) is 5.73 Å². The van der Waals surface area contributed by atoms with Crippen LogP contribution in [-0.2, 0) is 27.2 Å². The number of alkyl halides is 2. The molecule has 3 N–H and O–H groups in total. The van der Waals surface area contributed by atoms with Crippen LogP contribution in [0.3, 0.4) is 0 Å².